The van der Waals surface area contributed by atoms with Crippen molar-refractivity contribution in [2.24, 2.45) is 11.8 Å². The molecule has 1 aromatic rings. The van der Waals surface area contributed by atoms with Gasteiger partial charge in [0.15, 0.2) is 5.82 Å². The van der Waals surface area contributed by atoms with Crippen LogP contribution in [0.25, 0.3) is 11.4 Å². The molecule has 0 atom stereocenters. The molecule has 0 spiro atoms. The maximum absolute atomic E-state index is 5.84. The molecule has 3 heterocycles. The number of ether oxygens (including phenoxy) is 1. The van der Waals surface area contributed by atoms with Crippen LogP contribution in [0.4, 0.5) is 0 Å². The first-order valence-electron chi connectivity index (χ1n) is 9.51. The molecule has 3 aliphatic carbocycles. The van der Waals surface area contributed by atoms with Gasteiger partial charge in [0.25, 0.3) is 0 Å². The van der Waals surface area contributed by atoms with Gasteiger partial charge in [-0.15, -0.1) is 10.2 Å². The van der Waals surface area contributed by atoms with E-state index < -0.39 is 0 Å². The van der Waals surface area contributed by atoms with Gasteiger partial charge in [0.1, 0.15) is 5.82 Å². The SMILES string of the molecule is C=C1c2nnc(C3(C4CC4)CC3)n2C2=C(CCOC2)N1CC1CC1. The van der Waals surface area contributed by atoms with Crippen LogP contribution in [0.3, 0.4) is 0 Å². The third kappa shape index (κ3) is 1.79. The van der Waals surface area contributed by atoms with Crippen LogP contribution < -0.4 is 0 Å². The Kier molecular flexibility index (Phi) is 2.56. The van der Waals surface area contributed by atoms with E-state index in [-0.39, 0.29) is 0 Å². The lowest BCUT2D eigenvalue weighted by Crippen LogP contribution is -2.36. The van der Waals surface area contributed by atoms with Crippen LogP contribution in [-0.4, -0.2) is 39.4 Å². The van der Waals surface area contributed by atoms with Crippen LogP contribution in [0, 0.1) is 11.8 Å². The smallest absolute Gasteiger partial charge is 0.184 e. The van der Waals surface area contributed by atoms with E-state index >= 15 is 0 Å². The van der Waals surface area contributed by atoms with E-state index in [1.54, 1.807) is 0 Å². The molecule has 5 aliphatic rings. The molecule has 2 aliphatic heterocycles. The highest BCUT2D eigenvalue weighted by atomic mass is 16.5. The summed E-state index contributed by atoms with van der Waals surface area (Å²) in [6.07, 6.45) is 8.96. The van der Waals surface area contributed by atoms with Gasteiger partial charge < -0.3 is 9.64 Å². The molecule has 3 fully saturated rings. The summed E-state index contributed by atoms with van der Waals surface area (Å²) in [6.45, 7) is 7.00. The molecule has 0 aromatic carbocycles. The number of rotatable bonds is 4. The van der Waals surface area contributed by atoms with Crippen molar-refractivity contribution in [2.45, 2.75) is 50.4 Å². The molecule has 0 amide bonds. The molecule has 0 saturated heterocycles. The maximum atomic E-state index is 5.84. The van der Waals surface area contributed by atoms with Gasteiger partial charge in [0.05, 0.1) is 24.6 Å². The topological polar surface area (TPSA) is 43.2 Å². The quantitative estimate of drug-likeness (QED) is 0.854. The average Bonchev–Trinajstić information content (AvgIpc) is 3.44. The zero-order valence-corrected chi connectivity index (χ0v) is 14.1. The van der Waals surface area contributed by atoms with Crippen molar-refractivity contribution in [1.29, 1.82) is 0 Å². The number of hydrogen-bond acceptors (Lipinski definition) is 4. The van der Waals surface area contributed by atoms with E-state index in [1.807, 2.05) is 0 Å². The van der Waals surface area contributed by atoms with E-state index in [2.05, 4.69) is 21.1 Å². The third-order valence-corrected chi connectivity index (χ3v) is 6.63. The molecule has 24 heavy (non-hydrogen) atoms. The standard InChI is InChI=1S/C19H24N4O/c1-12-17-20-21-18(19(7-8-19)14-4-5-14)23(17)16-11-24-9-6-15(16)22(12)10-13-2-3-13/h13-14H,1-11H2. The van der Waals surface area contributed by atoms with E-state index in [9.17, 15) is 0 Å². The Balaban J connectivity index is 1.50. The summed E-state index contributed by atoms with van der Waals surface area (Å²) < 4.78 is 8.18. The van der Waals surface area contributed by atoms with Crippen molar-refractivity contribution in [2.75, 3.05) is 19.8 Å². The molecule has 126 valence electrons. The second-order valence-electron chi connectivity index (χ2n) is 8.31. The Morgan fingerprint density at radius 2 is 1.96 bits per heavy atom. The van der Waals surface area contributed by atoms with E-state index in [0.29, 0.717) is 12.0 Å². The lowest BCUT2D eigenvalue weighted by molar-refractivity contribution is 0.146. The van der Waals surface area contributed by atoms with Gasteiger partial charge in [0, 0.05) is 24.1 Å². The summed E-state index contributed by atoms with van der Waals surface area (Å²) in [5.74, 6) is 3.82. The summed E-state index contributed by atoms with van der Waals surface area (Å²) in [5.41, 5.74) is 4.06. The zero-order chi connectivity index (χ0) is 15.9. The van der Waals surface area contributed by atoms with Crippen LogP contribution in [0.15, 0.2) is 12.3 Å². The van der Waals surface area contributed by atoms with Crippen molar-refractivity contribution in [1.82, 2.24) is 19.7 Å². The normalized spacial score (nSPS) is 28.0. The predicted octanol–water partition coefficient (Wildman–Crippen LogP) is 3.00. The molecular weight excluding hydrogens is 300 g/mol. The largest absolute Gasteiger partial charge is 0.375 e. The Labute approximate surface area is 142 Å². The third-order valence-electron chi connectivity index (χ3n) is 6.63. The van der Waals surface area contributed by atoms with Crippen LogP contribution in [0.5, 0.6) is 0 Å². The molecular formula is C19H24N4O. The van der Waals surface area contributed by atoms with Gasteiger partial charge in [-0.05, 0) is 50.4 Å². The first-order chi connectivity index (χ1) is 11.8. The van der Waals surface area contributed by atoms with Crippen LogP contribution in [0.1, 0.15) is 56.6 Å². The number of nitrogens with zero attached hydrogens (tertiary/aromatic N) is 4. The monoisotopic (exact) mass is 324 g/mol. The zero-order valence-electron chi connectivity index (χ0n) is 14.1. The molecule has 0 bridgehead atoms. The summed E-state index contributed by atoms with van der Waals surface area (Å²) in [6, 6.07) is 0. The highest BCUT2D eigenvalue weighted by Crippen LogP contribution is 2.62. The summed E-state index contributed by atoms with van der Waals surface area (Å²) >= 11 is 0. The highest BCUT2D eigenvalue weighted by molar-refractivity contribution is 5.71. The number of fused-ring (bicyclic) bond motifs is 2. The van der Waals surface area contributed by atoms with Crippen LogP contribution in [-0.2, 0) is 10.2 Å². The van der Waals surface area contributed by atoms with Gasteiger partial charge in [-0.2, -0.15) is 0 Å². The molecule has 5 heteroatoms. The van der Waals surface area contributed by atoms with Crippen molar-refractivity contribution in [3.8, 4) is 0 Å². The fourth-order valence-corrected chi connectivity index (χ4v) is 4.75. The Bertz CT molecular complexity index is 764. The number of aromatic nitrogens is 3. The fourth-order valence-electron chi connectivity index (χ4n) is 4.75. The van der Waals surface area contributed by atoms with Gasteiger partial charge in [-0.3, -0.25) is 4.57 Å². The Morgan fingerprint density at radius 1 is 1.12 bits per heavy atom. The van der Waals surface area contributed by atoms with Crippen molar-refractivity contribution in [3.05, 3.63) is 23.9 Å². The van der Waals surface area contributed by atoms with E-state index in [4.69, 9.17) is 9.84 Å². The minimum atomic E-state index is 0.305. The Hall–Kier alpha value is -1.62. The molecule has 0 unspecified atom stereocenters. The van der Waals surface area contributed by atoms with Crippen molar-refractivity contribution in [3.63, 3.8) is 0 Å². The van der Waals surface area contributed by atoms with Gasteiger partial charge in [0.2, 0.25) is 0 Å². The highest BCUT2D eigenvalue weighted by Gasteiger charge is 2.58. The molecule has 0 N–H and O–H groups in total. The predicted molar refractivity (Wildman–Crippen MR) is 90.8 cm³/mol. The fraction of sp³-hybridized carbons (Fsp3) is 0.684. The van der Waals surface area contributed by atoms with E-state index in [0.717, 1.165) is 42.9 Å². The maximum Gasteiger partial charge on any atom is 0.184 e. The molecule has 0 radical (unpaired) electrons. The van der Waals surface area contributed by atoms with Crippen LogP contribution >= 0.6 is 0 Å². The van der Waals surface area contributed by atoms with Gasteiger partial charge in [-0.1, -0.05) is 6.58 Å². The second-order valence-corrected chi connectivity index (χ2v) is 8.31. The second kappa shape index (κ2) is 4.51. The van der Waals surface area contributed by atoms with E-state index in [1.165, 1.54) is 55.7 Å². The summed E-state index contributed by atoms with van der Waals surface area (Å²) in [7, 11) is 0. The van der Waals surface area contributed by atoms with Crippen molar-refractivity contribution >= 4 is 11.4 Å². The lowest BCUT2D eigenvalue weighted by atomic mass is 9.98. The van der Waals surface area contributed by atoms with Crippen LogP contribution in [0.2, 0.25) is 0 Å². The average molecular weight is 324 g/mol. The van der Waals surface area contributed by atoms with Gasteiger partial charge in [-0.25, -0.2) is 0 Å². The summed E-state index contributed by atoms with van der Waals surface area (Å²) in [5, 5.41) is 9.30. The first kappa shape index (κ1) is 13.6. The van der Waals surface area contributed by atoms with Gasteiger partial charge >= 0.3 is 0 Å². The minimum absolute atomic E-state index is 0.305. The molecule has 6 rings (SSSR count). The van der Waals surface area contributed by atoms with Crippen molar-refractivity contribution < 1.29 is 4.74 Å². The minimum Gasteiger partial charge on any atom is -0.375 e. The summed E-state index contributed by atoms with van der Waals surface area (Å²) in [4.78, 5) is 2.43. The molecule has 3 saturated carbocycles. The number of hydrogen-bond donors (Lipinski definition) is 0. The molecule has 5 nitrogen and oxygen atoms in total. The lowest BCUT2D eigenvalue weighted by Gasteiger charge is -2.38. The Morgan fingerprint density at radius 3 is 2.67 bits per heavy atom. The molecule has 1 aromatic heterocycles. The first-order valence-corrected chi connectivity index (χ1v) is 9.51.